The minimum atomic E-state index is -1.14. The quantitative estimate of drug-likeness (QED) is 0.187. The SMILES string of the molecule is O=C(Oc1ccc(OC(=O)c2cc([N+](=O)[O-])cc([N+](=O)[O-])c2)cc1)c1cc([N+](=O)[O-])cc([N+](=O)[O-])c1. The zero-order chi connectivity index (χ0) is 26.6. The van der Waals surface area contributed by atoms with Crippen LogP contribution in [0.4, 0.5) is 22.7 Å². The average Bonchev–Trinajstić information content (AvgIpc) is 2.84. The number of benzene rings is 3. The topological polar surface area (TPSA) is 225 Å². The second kappa shape index (κ2) is 10.00. The minimum absolute atomic E-state index is 0.125. The van der Waals surface area contributed by atoms with E-state index in [4.69, 9.17) is 9.47 Å². The van der Waals surface area contributed by atoms with Crippen molar-refractivity contribution in [3.05, 3.63) is 112 Å². The van der Waals surface area contributed by atoms with Gasteiger partial charge in [-0.25, -0.2) is 9.59 Å². The minimum Gasteiger partial charge on any atom is -0.423 e. The number of carbonyl (C=O) groups is 2. The van der Waals surface area contributed by atoms with Crippen LogP contribution < -0.4 is 9.47 Å². The van der Waals surface area contributed by atoms with E-state index in [1.807, 2.05) is 0 Å². The molecule has 36 heavy (non-hydrogen) atoms. The van der Waals surface area contributed by atoms with Crippen LogP contribution in [0.1, 0.15) is 20.7 Å². The van der Waals surface area contributed by atoms with E-state index >= 15 is 0 Å². The van der Waals surface area contributed by atoms with Crippen LogP contribution in [0.3, 0.4) is 0 Å². The molecular formula is C20H10N4O12. The van der Waals surface area contributed by atoms with Crippen LogP contribution >= 0.6 is 0 Å². The predicted octanol–water partition coefficient (Wildman–Crippen LogP) is 3.76. The molecule has 182 valence electrons. The highest BCUT2D eigenvalue weighted by atomic mass is 16.6. The molecule has 0 aromatic heterocycles. The molecule has 0 saturated carbocycles. The highest BCUT2D eigenvalue weighted by Crippen LogP contribution is 2.26. The van der Waals surface area contributed by atoms with Crippen molar-refractivity contribution in [2.45, 2.75) is 0 Å². The van der Waals surface area contributed by atoms with E-state index in [9.17, 15) is 50.0 Å². The second-order valence-electron chi connectivity index (χ2n) is 6.76. The lowest BCUT2D eigenvalue weighted by atomic mass is 10.1. The number of carbonyl (C=O) groups excluding carboxylic acids is 2. The molecule has 3 aromatic rings. The Morgan fingerprint density at radius 3 is 0.972 bits per heavy atom. The summed E-state index contributed by atoms with van der Waals surface area (Å²) in [5.41, 5.74) is -3.70. The molecule has 0 saturated heterocycles. The zero-order valence-electron chi connectivity index (χ0n) is 17.5. The van der Waals surface area contributed by atoms with Crippen LogP contribution in [-0.2, 0) is 0 Å². The molecule has 3 aromatic carbocycles. The molecule has 0 atom stereocenters. The first-order chi connectivity index (χ1) is 16.9. The van der Waals surface area contributed by atoms with E-state index in [1.54, 1.807) is 0 Å². The summed E-state index contributed by atoms with van der Waals surface area (Å²) in [6.07, 6.45) is 0. The van der Waals surface area contributed by atoms with Gasteiger partial charge in [-0.05, 0) is 24.3 Å². The number of hydrogen-bond donors (Lipinski definition) is 0. The first-order valence-electron chi connectivity index (χ1n) is 9.37. The monoisotopic (exact) mass is 498 g/mol. The van der Waals surface area contributed by atoms with Crippen molar-refractivity contribution in [1.82, 2.24) is 0 Å². The molecular weight excluding hydrogens is 488 g/mol. The number of nitro groups is 4. The normalized spacial score (nSPS) is 10.2. The highest BCUT2D eigenvalue weighted by molar-refractivity contribution is 5.93. The van der Waals surface area contributed by atoms with Crippen molar-refractivity contribution in [1.29, 1.82) is 0 Å². The van der Waals surface area contributed by atoms with Crippen molar-refractivity contribution in [3.63, 3.8) is 0 Å². The Morgan fingerprint density at radius 2 is 0.750 bits per heavy atom. The first-order valence-corrected chi connectivity index (χ1v) is 9.37. The number of rotatable bonds is 8. The number of ether oxygens (including phenoxy) is 2. The van der Waals surface area contributed by atoms with Gasteiger partial charge in [0.2, 0.25) is 0 Å². The lowest BCUT2D eigenvalue weighted by Gasteiger charge is -2.07. The number of esters is 2. The van der Waals surface area contributed by atoms with Crippen molar-refractivity contribution >= 4 is 34.7 Å². The third-order valence-electron chi connectivity index (χ3n) is 4.36. The number of non-ortho nitro benzene ring substituents is 4. The smallest absolute Gasteiger partial charge is 0.344 e. The van der Waals surface area contributed by atoms with Crippen LogP contribution in [-0.4, -0.2) is 31.6 Å². The van der Waals surface area contributed by atoms with Gasteiger partial charge < -0.3 is 9.47 Å². The van der Waals surface area contributed by atoms with Gasteiger partial charge in [0.25, 0.3) is 22.7 Å². The van der Waals surface area contributed by atoms with Gasteiger partial charge in [0.15, 0.2) is 0 Å². The van der Waals surface area contributed by atoms with Crippen molar-refractivity contribution in [3.8, 4) is 11.5 Å². The third-order valence-corrected chi connectivity index (χ3v) is 4.36. The largest absolute Gasteiger partial charge is 0.423 e. The van der Waals surface area contributed by atoms with Gasteiger partial charge >= 0.3 is 11.9 Å². The van der Waals surface area contributed by atoms with Gasteiger partial charge in [-0.15, -0.1) is 0 Å². The maximum Gasteiger partial charge on any atom is 0.344 e. The highest BCUT2D eigenvalue weighted by Gasteiger charge is 2.22. The summed E-state index contributed by atoms with van der Waals surface area (Å²) in [7, 11) is 0. The van der Waals surface area contributed by atoms with E-state index in [0.717, 1.165) is 48.5 Å². The molecule has 0 unspecified atom stereocenters. The summed E-state index contributed by atoms with van der Waals surface area (Å²) < 4.78 is 10.0. The van der Waals surface area contributed by atoms with Crippen molar-refractivity contribution < 1.29 is 38.8 Å². The fourth-order valence-electron chi connectivity index (χ4n) is 2.76. The fraction of sp³-hybridized carbons (Fsp3) is 0. The number of nitrogens with zero attached hydrogens (tertiary/aromatic N) is 4. The van der Waals surface area contributed by atoms with Gasteiger partial charge in [-0.2, -0.15) is 0 Å². The molecule has 0 aliphatic carbocycles. The lowest BCUT2D eigenvalue weighted by Crippen LogP contribution is -2.11. The van der Waals surface area contributed by atoms with Crippen molar-refractivity contribution in [2.75, 3.05) is 0 Å². The zero-order valence-corrected chi connectivity index (χ0v) is 17.5. The van der Waals surface area contributed by atoms with E-state index in [1.165, 1.54) is 0 Å². The van der Waals surface area contributed by atoms with Gasteiger partial charge in [-0.3, -0.25) is 40.5 Å². The second-order valence-corrected chi connectivity index (χ2v) is 6.76. The summed E-state index contributed by atoms with van der Waals surface area (Å²) in [5.74, 6) is -2.54. The van der Waals surface area contributed by atoms with Crippen LogP contribution in [0.2, 0.25) is 0 Å². The van der Waals surface area contributed by atoms with E-state index in [0.29, 0.717) is 12.1 Å². The maximum absolute atomic E-state index is 12.3. The molecule has 0 fully saturated rings. The van der Waals surface area contributed by atoms with Gasteiger partial charge in [0.05, 0.1) is 43.0 Å². The van der Waals surface area contributed by atoms with Crippen LogP contribution in [0.15, 0.2) is 60.7 Å². The standard InChI is InChI=1S/C20H10N4O12/c25-19(11-5-13(21(27)28)9-14(6-11)22(29)30)35-17-1-2-18(4-3-17)36-20(26)12-7-15(23(31)32)10-16(8-12)24(33)34/h1-10H. The van der Waals surface area contributed by atoms with E-state index < -0.39 is 65.5 Å². The molecule has 16 heteroatoms. The Hall–Kier alpha value is -5.80. The molecule has 16 nitrogen and oxygen atoms in total. The van der Waals surface area contributed by atoms with Gasteiger partial charge in [0, 0.05) is 24.3 Å². The third kappa shape index (κ3) is 5.76. The Labute approximate surface area is 197 Å². The van der Waals surface area contributed by atoms with Gasteiger partial charge in [0.1, 0.15) is 11.5 Å². The molecule has 0 radical (unpaired) electrons. The molecule has 0 bridgehead atoms. The number of nitro benzene ring substituents is 4. The van der Waals surface area contributed by atoms with Crippen LogP contribution in [0.25, 0.3) is 0 Å². The Morgan fingerprint density at radius 1 is 0.500 bits per heavy atom. The van der Waals surface area contributed by atoms with Gasteiger partial charge in [-0.1, -0.05) is 0 Å². The van der Waals surface area contributed by atoms with Crippen LogP contribution in [0, 0.1) is 40.5 Å². The van der Waals surface area contributed by atoms with Crippen molar-refractivity contribution in [2.24, 2.45) is 0 Å². The summed E-state index contributed by atoms with van der Waals surface area (Å²) >= 11 is 0. The number of hydrogen-bond acceptors (Lipinski definition) is 12. The lowest BCUT2D eigenvalue weighted by molar-refractivity contribution is -0.394. The Balaban J connectivity index is 1.76. The summed E-state index contributed by atoms with van der Waals surface area (Å²) in [4.78, 5) is 64.8. The molecule has 0 amide bonds. The molecule has 0 N–H and O–H groups in total. The molecule has 0 spiro atoms. The van der Waals surface area contributed by atoms with Crippen LogP contribution in [0.5, 0.6) is 11.5 Å². The average molecular weight is 498 g/mol. The molecule has 0 aliphatic rings. The summed E-state index contributed by atoms with van der Waals surface area (Å²) in [5, 5.41) is 43.9. The molecule has 3 rings (SSSR count). The fourth-order valence-corrected chi connectivity index (χ4v) is 2.76. The molecule has 0 heterocycles. The molecule has 0 aliphatic heterocycles. The maximum atomic E-state index is 12.3. The predicted molar refractivity (Wildman–Crippen MR) is 116 cm³/mol. The Bertz CT molecular complexity index is 1260. The summed E-state index contributed by atoms with van der Waals surface area (Å²) in [6.45, 7) is 0. The van der Waals surface area contributed by atoms with E-state index in [-0.39, 0.29) is 11.5 Å². The first kappa shape index (κ1) is 24.8. The Kier molecular flexibility index (Phi) is 6.90. The summed E-state index contributed by atoms with van der Waals surface area (Å²) in [6, 6.07) is 9.15. The van der Waals surface area contributed by atoms with E-state index in [2.05, 4.69) is 0 Å².